The van der Waals surface area contributed by atoms with E-state index in [1.54, 1.807) is 12.5 Å². The second-order valence-electron chi connectivity index (χ2n) is 6.51. The van der Waals surface area contributed by atoms with E-state index in [0.29, 0.717) is 13.0 Å². The Hall–Kier alpha value is -2.14. The molecular formula is C18H24N4O. The number of benzene rings is 1. The molecule has 3 N–H and O–H groups in total. The summed E-state index contributed by atoms with van der Waals surface area (Å²) in [5.41, 5.74) is 7.76. The molecule has 1 saturated carbocycles. The lowest BCUT2D eigenvalue weighted by molar-refractivity contribution is -0.118. The minimum Gasteiger partial charge on any atom is -0.330 e. The van der Waals surface area contributed by atoms with Gasteiger partial charge in [-0.15, -0.1) is 0 Å². The zero-order valence-corrected chi connectivity index (χ0v) is 13.4. The fraction of sp³-hybridized carbons (Fsp3) is 0.444. The van der Waals surface area contributed by atoms with Crippen LogP contribution in [0, 0.1) is 5.41 Å². The van der Waals surface area contributed by atoms with E-state index in [2.05, 4.69) is 10.3 Å². The second kappa shape index (κ2) is 6.96. The molecule has 5 heteroatoms. The number of hydrogen-bond donors (Lipinski definition) is 2. The minimum absolute atomic E-state index is 0.00963. The van der Waals surface area contributed by atoms with Crippen LogP contribution in [0.1, 0.15) is 38.5 Å². The van der Waals surface area contributed by atoms with Gasteiger partial charge in [-0.05, 0) is 43.0 Å². The average molecular weight is 312 g/mol. The molecule has 0 atom stereocenters. The standard InChI is InChI=1S/C18H24N4O/c19-13-18(7-2-1-3-8-18)12-17(23)21-15-5-4-6-16(11-15)22-10-9-20-14-22/h4-6,9-11,14H,1-3,7-8,12-13,19H2,(H,21,23). The number of hydrogen-bond acceptors (Lipinski definition) is 3. The highest BCUT2D eigenvalue weighted by molar-refractivity contribution is 5.91. The number of amides is 1. The fourth-order valence-corrected chi connectivity index (χ4v) is 3.46. The van der Waals surface area contributed by atoms with E-state index in [-0.39, 0.29) is 11.3 Å². The largest absolute Gasteiger partial charge is 0.330 e. The molecule has 0 saturated heterocycles. The summed E-state index contributed by atoms with van der Waals surface area (Å²) < 4.78 is 1.91. The second-order valence-corrected chi connectivity index (χ2v) is 6.51. The molecule has 1 aliphatic rings. The Balaban J connectivity index is 1.67. The van der Waals surface area contributed by atoms with Crippen molar-refractivity contribution in [2.45, 2.75) is 38.5 Å². The molecular weight excluding hydrogens is 288 g/mol. The van der Waals surface area contributed by atoms with Gasteiger partial charge in [0, 0.05) is 30.2 Å². The molecule has 0 bridgehead atoms. The SMILES string of the molecule is NCC1(CC(=O)Nc2cccc(-n3ccnc3)c2)CCCCC1. The van der Waals surface area contributed by atoms with Crippen LogP contribution < -0.4 is 11.1 Å². The summed E-state index contributed by atoms with van der Waals surface area (Å²) >= 11 is 0. The van der Waals surface area contributed by atoms with Gasteiger partial charge in [0.25, 0.3) is 0 Å². The highest BCUT2D eigenvalue weighted by Gasteiger charge is 2.32. The zero-order valence-electron chi connectivity index (χ0n) is 13.4. The van der Waals surface area contributed by atoms with Gasteiger partial charge in [-0.1, -0.05) is 25.3 Å². The molecule has 3 rings (SSSR count). The summed E-state index contributed by atoms with van der Waals surface area (Å²) in [6.45, 7) is 0.593. The Morgan fingerprint density at radius 1 is 1.30 bits per heavy atom. The zero-order chi connectivity index (χ0) is 16.1. The van der Waals surface area contributed by atoms with Crippen molar-refractivity contribution in [2.75, 3.05) is 11.9 Å². The van der Waals surface area contributed by atoms with Crippen molar-refractivity contribution in [3.05, 3.63) is 43.0 Å². The van der Waals surface area contributed by atoms with Gasteiger partial charge in [0.05, 0.1) is 6.33 Å². The van der Waals surface area contributed by atoms with Crippen LogP contribution >= 0.6 is 0 Å². The molecule has 1 aromatic heterocycles. The molecule has 1 heterocycles. The lowest BCUT2D eigenvalue weighted by atomic mass is 9.71. The number of carbonyl (C=O) groups excluding carboxylic acids is 1. The Morgan fingerprint density at radius 2 is 2.13 bits per heavy atom. The molecule has 1 amide bonds. The van der Waals surface area contributed by atoms with E-state index < -0.39 is 0 Å². The highest BCUT2D eigenvalue weighted by Crippen LogP contribution is 2.38. The summed E-state index contributed by atoms with van der Waals surface area (Å²) in [7, 11) is 0. The molecule has 1 fully saturated rings. The first-order valence-corrected chi connectivity index (χ1v) is 8.29. The van der Waals surface area contributed by atoms with Crippen molar-refractivity contribution in [3.8, 4) is 5.69 Å². The fourth-order valence-electron chi connectivity index (χ4n) is 3.46. The van der Waals surface area contributed by atoms with E-state index in [1.165, 1.54) is 19.3 Å². The maximum absolute atomic E-state index is 12.5. The van der Waals surface area contributed by atoms with Crippen molar-refractivity contribution in [3.63, 3.8) is 0 Å². The molecule has 2 aromatic rings. The van der Waals surface area contributed by atoms with Crippen LogP contribution in [0.4, 0.5) is 5.69 Å². The van der Waals surface area contributed by atoms with Gasteiger partial charge in [0.2, 0.25) is 5.91 Å². The minimum atomic E-state index is -0.00963. The van der Waals surface area contributed by atoms with Gasteiger partial charge in [0.1, 0.15) is 0 Å². The summed E-state index contributed by atoms with van der Waals surface area (Å²) in [4.78, 5) is 16.5. The van der Waals surface area contributed by atoms with Gasteiger partial charge in [0.15, 0.2) is 0 Å². The van der Waals surface area contributed by atoms with E-state index in [0.717, 1.165) is 24.2 Å². The van der Waals surface area contributed by atoms with Gasteiger partial charge in [-0.2, -0.15) is 0 Å². The third-order valence-corrected chi connectivity index (χ3v) is 4.82. The number of anilines is 1. The number of aromatic nitrogens is 2. The summed E-state index contributed by atoms with van der Waals surface area (Å²) in [5.74, 6) is 0.0557. The highest BCUT2D eigenvalue weighted by atomic mass is 16.1. The molecule has 5 nitrogen and oxygen atoms in total. The first kappa shape index (κ1) is 15.7. The summed E-state index contributed by atoms with van der Waals surface area (Å²) in [5, 5.41) is 3.02. The van der Waals surface area contributed by atoms with Crippen molar-refractivity contribution in [1.29, 1.82) is 0 Å². The van der Waals surface area contributed by atoms with Gasteiger partial charge in [-0.3, -0.25) is 4.79 Å². The van der Waals surface area contributed by atoms with Crippen LogP contribution in [0.25, 0.3) is 5.69 Å². The smallest absolute Gasteiger partial charge is 0.224 e. The number of nitrogens with one attached hydrogen (secondary N) is 1. The monoisotopic (exact) mass is 312 g/mol. The van der Waals surface area contributed by atoms with Crippen LogP contribution in [-0.4, -0.2) is 22.0 Å². The first-order valence-electron chi connectivity index (χ1n) is 8.29. The number of imidazole rings is 1. The van der Waals surface area contributed by atoms with E-state index in [9.17, 15) is 4.79 Å². The summed E-state index contributed by atoms with van der Waals surface area (Å²) in [6.07, 6.45) is 11.6. The lowest BCUT2D eigenvalue weighted by Crippen LogP contribution is -2.36. The first-order chi connectivity index (χ1) is 11.2. The maximum atomic E-state index is 12.5. The molecule has 0 spiro atoms. The van der Waals surface area contributed by atoms with Gasteiger partial charge < -0.3 is 15.6 Å². The van der Waals surface area contributed by atoms with Crippen LogP contribution in [0.5, 0.6) is 0 Å². The molecule has 122 valence electrons. The maximum Gasteiger partial charge on any atom is 0.224 e. The van der Waals surface area contributed by atoms with Crippen molar-refractivity contribution in [2.24, 2.45) is 11.1 Å². The van der Waals surface area contributed by atoms with E-state index in [1.807, 2.05) is 35.0 Å². The third-order valence-electron chi connectivity index (χ3n) is 4.82. The predicted molar refractivity (Wildman–Crippen MR) is 91.4 cm³/mol. The number of nitrogens with zero attached hydrogens (tertiary/aromatic N) is 2. The molecule has 1 aliphatic carbocycles. The van der Waals surface area contributed by atoms with Gasteiger partial charge >= 0.3 is 0 Å². The summed E-state index contributed by atoms with van der Waals surface area (Å²) in [6, 6.07) is 7.79. The van der Waals surface area contributed by atoms with Gasteiger partial charge in [-0.25, -0.2) is 4.98 Å². The van der Waals surface area contributed by atoms with E-state index >= 15 is 0 Å². The van der Waals surface area contributed by atoms with Crippen LogP contribution in [0.2, 0.25) is 0 Å². The third kappa shape index (κ3) is 3.79. The van der Waals surface area contributed by atoms with Crippen molar-refractivity contribution >= 4 is 11.6 Å². The quantitative estimate of drug-likeness (QED) is 0.891. The Kier molecular flexibility index (Phi) is 4.76. The Morgan fingerprint density at radius 3 is 2.83 bits per heavy atom. The van der Waals surface area contributed by atoms with Crippen LogP contribution in [0.15, 0.2) is 43.0 Å². The van der Waals surface area contributed by atoms with Crippen molar-refractivity contribution < 1.29 is 4.79 Å². The Labute approximate surface area is 136 Å². The predicted octanol–water partition coefficient (Wildman–Crippen LogP) is 3.11. The Bertz CT molecular complexity index is 645. The van der Waals surface area contributed by atoms with Crippen LogP contribution in [-0.2, 0) is 4.79 Å². The number of rotatable bonds is 5. The van der Waals surface area contributed by atoms with E-state index in [4.69, 9.17) is 5.73 Å². The molecule has 0 radical (unpaired) electrons. The molecule has 23 heavy (non-hydrogen) atoms. The molecule has 1 aromatic carbocycles. The molecule has 0 unspecified atom stereocenters. The number of carbonyl (C=O) groups is 1. The van der Waals surface area contributed by atoms with Crippen molar-refractivity contribution in [1.82, 2.24) is 9.55 Å². The normalized spacial score (nSPS) is 16.9. The average Bonchev–Trinajstić information content (AvgIpc) is 3.10. The lowest BCUT2D eigenvalue weighted by Gasteiger charge is -2.35. The number of nitrogens with two attached hydrogens (primary N) is 1. The topological polar surface area (TPSA) is 72.9 Å². The van der Waals surface area contributed by atoms with Crippen LogP contribution in [0.3, 0.4) is 0 Å². The molecule has 0 aliphatic heterocycles.